The standard InChI is InChI=1S/C5H8F3NO2.ClH/c1-4(9,3(10)11)2-5(6,7)8;/h2,9H2,1H3,(H,10,11);1H. The Bertz CT molecular complexity index is 169. The molecule has 3 N–H and O–H groups in total. The van der Waals surface area contributed by atoms with Crippen molar-refractivity contribution in [2.45, 2.75) is 25.1 Å². The molecule has 0 aromatic rings. The molecule has 0 amide bonds. The van der Waals surface area contributed by atoms with E-state index in [4.69, 9.17) is 10.8 Å². The van der Waals surface area contributed by atoms with Gasteiger partial charge in [-0.1, -0.05) is 0 Å². The molecule has 0 saturated heterocycles. The molecule has 74 valence electrons. The van der Waals surface area contributed by atoms with Crippen molar-refractivity contribution in [3.8, 4) is 0 Å². The van der Waals surface area contributed by atoms with Gasteiger partial charge in [-0.05, 0) is 6.92 Å². The first kappa shape index (κ1) is 14.1. The molecule has 0 saturated carbocycles. The van der Waals surface area contributed by atoms with Gasteiger partial charge in [-0.25, -0.2) is 0 Å². The van der Waals surface area contributed by atoms with Crippen LogP contribution >= 0.6 is 12.4 Å². The lowest BCUT2D eigenvalue weighted by atomic mass is 10.00. The average molecular weight is 208 g/mol. The summed E-state index contributed by atoms with van der Waals surface area (Å²) in [5.74, 6) is -1.66. The van der Waals surface area contributed by atoms with Gasteiger partial charge in [0.2, 0.25) is 0 Å². The van der Waals surface area contributed by atoms with Crippen molar-refractivity contribution in [2.24, 2.45) is 5.73 Å². The van der Waals surface area contributed by atoms with Gasteiger partial charge in [0.25, 0.3) is 0 Å². The van der Waals surface area contributed by atoms with Crippen LogP contribution in [0.5, 0.6) is 0 Å². The first-order chi connectivity index (χ1) is 4.65. The Morgan fingerprint density at radius 1 is 1.50 bits per heavy atom. The molecule has 0 bridgehead atoms. The fraction of sp³-hybridized carbons (Fsp3) is 0.800. The molecule has 0 aromatic heterocycles. The summed E-state index contributed by atoms with van der Waals surface area (Å²) in [5.41, 5.74) is 2.60. The van der Waals surface area contributed by atoms with Gasteiger partial charge < -0.3 is 10.8 Å². The van der Waals surface area contributed by atoms with Gasteiger partial charge in [-0.3, -0.25) is 4.79 Å². The summed E-state index contributed by atoms with van der Waals surface area (Å²) in [6, 6.07) is 0. The summed E-state index contributed by atoms with van der Waals surface area (Å²) >= 11 is 0. The highest BCUT2D eigenvalue weighted by molar-refractivity contribution is 5.85. The van der Waals surface area contributed by atoms with Crippen molar-refractivity contribution in [2.75, 3.05) is 0 Å². The maximum atomic E-state index is 11.6. The third-order valence-corrected chi connectivity index (χ3v) is 1.06. The molecule has 0 aliphatic rings. The Balaban J connectivity index is 0. The summed E-state index contributed by atoms with van der Waals surface area (Å²) in [4.78, 5) is 10.1. The van der Waals surface area contributed by atoms with E-state index in [-0.39, 0.29) is 12.4 Å². The van der Waals surface area contributed by atoms with E-state index >= 15 is 0 Å². The SMILES string of the molecule is CC(N)(CC(F)(F)F)C(=O)O.Cl. The molecule has 0 fully saturated rings. The van der Waals surface area contributed by atoms with Gasteiger partial charge >= 0.3 is 12.1 Å². The smallest absolute Gasteiger partial charge is 0.391 e. The number of carboxylic acid groups (broad SMARTS) is 1. The van der Waals surface area contributed by atoms with Crippen LogP contribution in [0.15, 0.2) is 0 Å². The number of carbonyl (C=O) groups is 1. The van der Waals surface area contributed by atoms with Crippen molar-refractivity contribution in [3.63, 3.8) is 0 Å². The van der Waals surface area contributed by atoms with Crippen molar-refractivity contribution in [1.82, 2.24) is 0 Å². The highest BCUT2D eigenvalue weighted by Crippen LogP contribution is 2.25. The maximum absolute atomic E-state index is 11.6. The minimum atomic E-state index is -4.54. The van der Waals surface area contributed by atoms with Crippen LogP contribution in [0.4, 0.5) is 13.2 Å². The molecule has 12 heavy (non-hydrogen) atoms. The zero-order valence-corrected chi connectivity index (χ0v) is 7.00. The second-order valence-corrected chi connectivity index (χ2v) is 2.51. The monoisotopic (exact) mass is 207 g/mol. The Labute approximate surface area is 73.1 Å². The Hall–Kier alpha value is -0.490. The molecule has 1 atom stereocenters. The van der Waals surface area contributed by atoms with Crippen LogP contribution in [0.3, 0.4) is 0 Å². The third-order valence-electron chi connectivity index (χ3n) is 1.06. The second kappa shape index (κ2) is 3.95. The third kappa shape index (κ3) is 5.20. The zero-order chi connectivity index (χ0) is 9.28. The van der Waals surface area contributed by atoms with Crippen LogP contribution in [-0.2, 0) is 4.79 Å². The zero-order valence-electron chi connectivity index (χ0n) is 6.18. The van der Waals surface area contributed by atoms with Gasteiger partial charge in [-0.15, -0.1) is 12.4 Å². The van der Waals surface area contributed by atoms with E-state index in [1.165, 1.54) is 0 Å². The molecule has 3 nitrogen and oxygen atoms in total. The summed E-state index contributed by atoms with van der Waals surface area (Å²) in [5, 5.41) is 8.18. The first-order valence-electron chi connectivity index (χ1n) is 2.74. The van der Waals surface area contributed by atoms with Crippen LogP contribution in [0.25, 0.3) is 0 Å². The van der Waals surface area contributed by atoms with E-state index in [2.05, 4.69) is 0 Å². The fourth-order valence-electron chi connectivity index (χ4n) is 0.492. The Morgan fingerprint density at radius 2 is 1.83 bits per heavy atom. The lowest BCUT2D eigenvalue weighted by Gasteiger charge is -2.20. The predicted molar refractivity (Wildman–Crippen MR) is 38.1 cm³/mol. The second-order valence-electron chi connectivity index (χ2n) is 2.51. The van der Waals surface area contributed by atoms with Gasteiger partial charge in [0.15, 0.2) is 0 Å². The van der Waals surface area contributed by atoms with E-state index < -0.39 is 24.1 Å². The molecule has 0 rings (SSSR count). The van der Waals surface area contributed by atoms with Crippen molar-refractivity contribution in [1.29, 1.82) is 0 Å². The van der Waals surface area contributed by atoms with Crippen molar-refractivity contribution < 1.29 is 23.1 Å². The minimum Gasteiger partial charge on any atom is -0.480 e. The van der Waals surface area contributed by atoms with E-state index in [1.54, 1.807) is 0 Å². The Morgan fingerprint density at radius 3 is 1.92 bits per heavy atom. The molecule has 0 radical (unpaired) electrons. The molecular formula is C5H9ClF3NO2. The minimum absolute atomic E-state index is 0. The summed E-state index contributed by atoms with van der Waals surface area (Å²) in [7, 11) is 0. The van der Waals surface area contributed by atoms with Gasteiger partial charge in [0.1, 0.15) is 5.54 Å². The van der Waals surface area contributed by atoms with Crippen LogP contribution < -0.4 is 5.73 Å². The molecule has 1 unspecified atom stereocenters. The Kier molecular flexibility index (Phi) is 4.63. The van der Waals surface area contributed by atoms with Crippen molar-refractivity contribution >= 4 is 18.4 Å². The van der Waals surface area contributed by atoms with E-state index in [0.29, 0.717) is 0 Å². The number of halogens is 4. The number of alkyl halides is 3. The number of carboxylic acids is 1. The molecule has 0 aliphatic heterocycles. The summed E-state index contributed by atoms with van der Waals surface area (Å²) in [6.45, 7) is 0.822. The van der Waals surface area contributed by atoms with Crippen LogP contribution in [0.2, 0.25) is 0 Å². The number of hydrogen-bond acceptors (Lipinski definition) is 2. The number of aliphatic carboxylic acids is 1. The highest BCUT2D eigenvalue weighted by Gasteiger charge is 2.41. The average Bonchev–Trinajstić information content (AvgIpc) is 1.56. The number of hydrogen-bond donors (Lipinski definition) is 2. The van der Waals surface area contributed by atoms with E-state index in [1.807, 2.05) is 0 Å². The lowest BCUT2D eigenvalue weighted by Crippen LogP contribution is -2.48. The molecule has 0 aromatic carbocycles. The van der Waals surface area contributed by atoms with Crippen LogP contribution in [0, 0.1) is 0 Å². The number of nitrogens with two attached hydrogens (primary N) is 1. The number of rotatable bonds is 2. The van der Waals surface area contributed by atoms with Gasteiger partial charge in [0.05, 0.1) is 6.42 Å². The van der Waals surface area contributed by atoms with E-state index in [0.717, 1.165) is 6.92 Å². The maximum Gasteiger partial charge on any atom is 0.391 e. The lowest BCUT2D eigenvalue weighted by molar-refractivity contribution is -0.165. The largest absolute Gasteiger partial charge is 0.480 e. The fourth-order valence-corrected chi connectivity index (χ4v) is 0.492. The molecule has 0 heterocycles. The van der Waals surface area contributed by atoms with Crippen molar-refractivity contribution in [3.05, 3.63) is 0 Å². The van der Waals surface area contributed by atoms with Crippen LogP contribution in [-0.4, -0.2) is 22.8 Å². The van der Waals surface area contributed by atoms with Crippen LogP contribution in [0.1, 0.15) is 13.3 Å². The quantitative estimate of drug-likeness (QED) is 0.714. The summed E-state index contributed by atoms with van der Waals surface area (Å²) in [6.07, 6.45) is -6.06. The normalized spacial score (nSPS) is 16.1. The molecule has 0 aliphatic carbocycles. The molecule has 0 spiro atoms. The van der Waals surface area contributed by atoms with Gasteiger partial charge in [0, 0.05) is 0 Å². The van der Waals surface area contributed by atoms with Gasteiger partial charge in [-0.2, -0.15) is 13.2 Å². The molecule has 7 heteroatoms. The summed E-state index contributed by atoms with van der Waals surface area (Å²) < 4.78 is 34.7. The topological polar surface area (TPSA) is 63.3 Å². The van der Waals surface area contributed by atoms with E-state index in [9.17, 15) is 18.0 Å². The predicted octanol–water partition coefficient (Wildman–Crippen LogP) is 1.16. The highest BCUT2D eigenvalue weighted by atomic mass is 35.5. The molecular weight excluding hydrogens is 199 g/mol. The first-order valence-corrected chi connectivity index (χ1v) is 2.74.